The molecule has 1 heterocycles. The maximum atomic E-state index is 9.56. The van der Waals surface area contributed by atoms with Crippen molar-refractivity contribution >= 4 is 22.5 Å². The SMILES string of the molecule is C[C@H](O)c1ccc(Oc2cccc3ncccc23)c(Cl)c1. The summed E-state index contributed by atoms with van der Waals surface area (Å²) < 4.78 is 5.90. The van der Waals surface area contributed by atoms with E-state index >= 15 is 0 Å². The summed E-state index contributed by atoms with van der Waals surface area (Å²) in [5.41, 5.74) is 1.62. The van der Waals surface area contributed by atoms with Gasteiger partial charge >= 0.3 is 0 Å². The van der Waals surface area contributed by atoms with Gasteiger partial charge in [-0.25, -0.2) is 0 Å². The van der Waals surface area contributed by atoms with Gasteiger partial charge in [0.25, 0.3) is 0 Å². The van der Waals surface area contributed by atoms with Gasteiger partial charge in [-0.05, 0) is 48.9 Å². The van der Waals surface area contributed by atoms with Crippen LogP contribution < -0.4 is 4.74 Å². The third-order valence-electron chi connectivity index (χ3n) is 3.26. The Kier molecular flexibility index (Phi) is 3.78. The van der Waals surface area contributed by atoms with E-state index in [-0.39, 0.29) is 0 Å². The Morgan fingerprint density at radius 2 is 1.95 bits per heavy atom. The maximum Gasteiger partial charge on any atom is 0.146 e. The van der Waals surface area contributed by atoms with Gasteiger partial charge < -0.3 is 9.84 Å². The van der Waals surface area contributed by atoms with E-state index in [2.05, 4.69) is 4.98 Å². The number of aliphatic hydroxyl groups is 1. The number of hydrogen-bond donors (Lipinski definition) is 1. The molecule has 0 aliphatic carbocycles. The summed E-state index contributed by atoms with van der Waals surface area (Å²) in [7, 11) is 0. The number of halogens is 1. The zero-order valence-corrected chi connectivity index (χ0v) is 12.2. The molecule has 106 valence electrons. The second-order valence-electron chi connectivity index (χ2n) is 4.79. The van der Waals surface area contributed by atoms with Crippen LogP contribution in [-0.2, 0) is 0 Å². The molecule has 1 atom stereocenters. The van der Waals surface area contributed by atoms with E-state index in [0.29, 0.717) is 16.5 Å². The second kappa shape index (κ2) is 5.72. The number of aromatic nitrogens is 1. The molecule has 3 nitrogen and oxygen atoms in total. The molecule has 0 saturated heterocycles. The molecule has 0 bridgehead atoms. The molecule has 0 amide bonds. The van der Waals surface area contributed by atoms with E-state index in [1.54, 1.807) is 31.3 Å². The molecule has 2 aromatic carbocycles. The Balaban J connectivity index is 1.99. The average molecular weight is 300 g/mol. The van der Waals surface area contributed by atoms with Crippen LogP contribution in [0.25, 0.3) is 10.9 Å². The van der Waals surface area contributed by atoms with Gasteiger partial charge in [0.15, 0.2) is 0 Å². The number of pyridine rings is 1. The summed E-state index contributed by atoms with van der Waals surface area (Å²) in [6.45, 7) is 1.70. The maximum absolute atomic E-state index is 9.56. The number of fused-ring (bicyclic) bond motifs is 1. The van der Waals surface area contributed by atoms with E-state index < -0.39 is 6.10 Å². The minimum atomic E-state index is -0.557. The van der Waals surface area contributed by atoms with E-state index in [4.69, 9.17) is 16.3 Å². The van der Waals surface area contributed by atoms with Crippen LogP contribution in [0.5, 0.6) is 11.5 Å². The lowest BCUT2D eigenvalue weighted by molar-refractivity contribution is 0.199. The number of aliphatic hydroxyl groups excluding tert-OH is 1. The van der Waals surface area contributed by atoms with Crippen molar-refractivity contribution in [1.82, 2.24) is 4.98 Å². The predicted octanol–water partition coefficient (Wildman–Crippen LogP) is 4.73. The molecule has 0 spiro atoms. The predicted molar refractivity (Wildman–Crippen MR) is 83.9 cm³/mol. The van der Waals surface area contributed by atoms with E-state index in [9.17, 15) is 5.11 Å². The highest BCUT2D eigenvalue weighted by molar-refractivity contribution is 6.32. The molecule has 0 radical (unpaired) electrons. The summed E-state index contributed by atoms with van der Waals surface area (Å²) in [5, 5.41) is 11.0. The lowest BCUT2D eigenvalue weighted by atomic mass is 10.1. The van der Waals surface area contributed by atoms with Gasteiger partial charge in [-0.2, -0.15) is 0 Å². The molecule has 0 unspecified atom stereocenters. The van der Waals surface area contributed by atoms with Crippen molar-refractivity contribution in [3.05, 3.63) is 65.3 Å². The third kappa shape index (κ3) is 2.84. The molecule has 4 heteroatoms. The van der Waals surface area contributed by atoms with Crippen molar-refractivity contribution in [2.45, 2.75) is 13.0 Å². The Labute approximate surface area is 127 Å². The van der Waals surface area contributed by atoms with Gasteiger partial charge in [-0.1, -0.05) is 23.7 Å². The molecule has 1 aromatic heterocycles. The number of nitrogens with zero attached hydrogens (tertiary/aromatic N) is 1. The molecular formula is C17H14ClNO2. The van der Waals surface area contributed by atoms with Gasteiger partial charge in [0.1, 0.15) is 11.5 Å². The van der Waals surface area contributed by atoms with Crippen LogP contribution in [0.4, 0.5) is 0 Å². The molecular weight excluding hydrogens is 286 g/mol. The second-order valence-corrected chi connectivity index (χ2v) is 5.20. The van der Waals surface area contributed by atoms with Crippen LogP contribution in [0.2, 0.25) is 5.02 Å². The summed E-state index contributed by atoms with van der Waals surface area (Å²) in [6.07, 6.45) is 1.19. The highest BCUT2D eigenvalue weighted by Crippen LogP contribution is 2.34. The van der Waals surface area contributed by atoms with E-state index in [0.717, 1.165) is 16.5 Å². The highest BCUT2D eigenvalue weighted by atomic mass is 35.5. The van der Waals surface area contributed by atoms with Gasteiger partial charge in [0.2, 0.25) is 0 Å². The summed E-state index contributed by atoms with van der Waals surface area (Å²) in [5.74, 6) is 1.25. The molecule has 21 heavy (non-hydrogen) atoms. The minimum absolute atomic E-state index is 0.467. The zero-order chi connectivity index (χ0) is 14.8. The molecule has 0 aliphatic heterocycles. The smallest absolute Gasteiger partial charge is 0.146 e. The third-order valence-corrected chi connectivity index (χ3v) is 3.56. The van der Waals surface area contributed by atoms with E-state index in [1.807, 2.05) is 30.3 Å². The first-order valence-electron chi connectivity index (χ1n) is 6.64. The van der Waals surface area contributed by atoms with Gasteiger partial charge in [0.05, 0.1) is 16.6 Å². The van der Waals surface area contributed by atoms with Crippen LogP contribution in [0, 0.1) is 0 Å². The molecule has 3 rings (SSSR count). The molecule has 0 fully saturated rings. The monoisotopic (exact) mass is 299 g/mol. The number of ether oxygens (including phenoxy) is 1. The van der Waals surface area contributed by atoms with Crippen LogP contribution >= 0.6 is 11.6 Å². The van der Waals surface area contributed by atoms with Gasteiger partial charge in [-0.15, -0.1) is 0 Å². The molecule has 1 N–H and O–H groups in total. The van der Waals surface area contributed by atoms with Crippen molar-refractivity contribution in [3.63, 3.8) is 0 Å². The van der Waals surface area contributed by atoms with E-state index in [1.165, 1.54) is 0 Å². The Hall–Kier alpha value is -2.10. The lowest BCUT2D eigenvalue weighted by Gasteiger charge is -2.12. The summed E-state index contributed by atoms with van der Waals surface area (Å²) in [6, 6.07) is 14.8. The van der Waals surface area contributed by atoms with Crippen molar-refractivity contribution < 1.29 is 9.84 Å². The van der Waals surface area contributed by atoms with Crippen molar-refractivity contribution in [2.24, 2.45) is 0 Å². The largest absolute Gasteiger partial charge is 0.455 e. The van der Waals surface area contributed by atoms with Crippen LogP contribution in [0.1, 0.15) is 18.6 Å². The zero-order valence-electron chi connectivity index (χ0n) is 11.5. The first-order valence-corrected chi connectivity index (χ1v) is 7.02. The Morgan fingerprint density at radius 3 is 2.71 bits per heavy atom. The summed E-state index contributed by atoms with van der Waals surface area (Å²) in [4.78, 5) is 4.30. The fourth-order valence-corrected chi connectivity index (χ4v) is 2.37. The van der Waals surface area contributed by atoms with Crippen LogP contribution in [0.3, 0.4) is 0 Å². The quantitative estimate of drug-likeness (QED) is 0.760. The van der Waals surface area contributed by atoms with Gasteiger partial charge in [-0.3, -0.25) is 4.98 Å². The molecule has 0 saturated carbocycles. The lowest BCUT2D eigenvalue weighted by Crippen LogP contribution is -1.93. The number of benzene rings is 2. The van der Waals surface area contributed by atoms with Crippen LogP contribution in [-0.4, -0.2) is 10.1 Å². The summed E-state index contributed by atoms with van der Waals surface area (Å²) >= 11 is 6.22. The Bertz CT molecular complexity index is 781. The topological polar surface area (TPSA) is 42.4 Å². The van der Waals surface area contributed by atoms with Crippen molar-refractivity contribution in [2.75, 3.05) is 0 Å². The molecule has 3 aromatic rings. The fraction of sp³-hybridized carbons (Fsp3) is 0.118. The van der Waals surface area contributed by atoms with Crippen molar-refractivity contribution in [3.8, 4) is 11.5 Å². The fourth-order valence-electron chi connectivity index (χ4n) is 2.14. The molecule has 0 aliphatic rings. The number of hydrogen-bond acceptors (Lipinski definition) is 3. The number of rotatable bonds is 3. The first kappa shape index (κ1) is 13.9. The van der Waals surface area contributed by atoms with Crippen molar-refractivity contribution in [1.29, 1.82) is 0 Å². The average Bonchev–Trinajstić information content (AvgIpc) is 2.49. The minimum Gasteiger partial charge on any atom is -0.455 e. The van der Waals surface area contributed by atoms with Gasteiger partial charge in [0, 0.05) is 11.6 Å². The van der Waals surface area contributed by atoms with Crippen LogP contribution in [0.15, 0.2) is 54.7 Å². The Morgan fingerprint density at radius 1 is 1.10 bits per heavy atom. The first-order chi connectivity index (χ1) is 10.1. The normalized spacial score (nSPS) is 12.3. The highest BCUT2D eigenvalue weighted by Gasteiger charge is 2.09. The standard InChI is InChI=1S/C17H14ClNO2/c1-11(20)12-7-8-17(14(18)10-12)21-16-6-2-5-15-13(16)4-3-9-19-15/h2-11,20H,1H3/t11-/m0/s1.